The van der Waals surface area contributed by atoms with E-state index in [1.165, 1.54) is 6.92 Å². The number of hydrogen-bond acceptors (Lipinski definition) is 5. The second kappa shape index (κ2) is 9.89. The molecule has 0 aliphatic carbocycles. The van der Waals surface area contributed by atoms with Crippen molar-refractivity contribution in [2.75, 3.05) is 22.6 Å². The second-order valence-electron chi connectivity index (χ2n) is 6.28. The van der Waals surface area contributed by atoms with Gasteiger partial charge in [-0.25, -0.2) is 4.98 Å². The maximum absolute atomic E-state index is 12.0. The Labute approximate surface area is 169 Å². The number of ether oxygens (including phenoxy) is 1. The van der Waals surface area contributed by atoms with E-state index in [1.54, 1.807) is 30.5 Å². The first-order chi connectivity index (χ1) is 14.1. The van der Waals surface area contributed by atoms with Crippen LogP contribution in [0.25, 0.3) is 0 Å². The van der Waals surface area contributed by atoms with Crippen LogP contribution in [0.4, 0.5) is 22.9 Å². The van der Waals surface area contributed by atoms with Crippen molar-refractivity contribution < 1.29 is 14.3 Å². The number of amides is 2. The van der Waals surface area contributed by atoms with Gasteiger partial charge in [0.1, 0.15) is 11.6 Å². The fraction of sp³-hybridized carbons (Fsp3) is 0.136. The van der Waals surface area contributed by atoms with Crippen LogP contribution >= 0.6 is 0 Å². The summed E-state index contributed by atoms with van der Waals surface area (Å²) in [5.41, 5.74) is 2.17. The number of carbonyl (C=O) groups excluding carboxylic acids is 2. The lowest BCUT2D eigenvalue weighted by Gasteiger charge is -2.09. The normalized spacial score (nSPS) is 10.1. The zero-order valence-corrected chi connectivity index (χ0v) is 16.0. The van der Waals surface area contributed by atoms with E-state index in [9.17, 15) is 9.59 Å². The average molecular weight is 390 g/mol. The average Bonchev–Trinajstić information content (AvgIpc) is 2.71. The van der Waals surface area contributed by atoms with E-state index >= 15 is 0 Å². The Bertz CT molecular complexity index is 942. The van der Waals surface area contributed by atoms with Gasteiger partial charge in [-0.15, -0.1) is 0 Å². The number of benzene rings is 2. The standard InChI is InChI=1S/C22H22N4O3/c1-16(27)24-17-7-9-18(10-8-17)25-21-12-11-19(15-23-21)26-22(28)13-14-29-20-5-3-2-4-6-20/h2-12,15H,13-14H2,1H3,(H,23,25)(H,24,27)(H,26,28). The van der Waals surface area contributed by atoms with Crippen LogP contribution in [0.2, 0.25) is 0 Å². The van der Waals surface area contributed by atoms with Gasteiger partial charge in [0, 0.05) is 18.3 Å². The maximum Gasteiger partial charge on any atom is 0.227 e. The van der Waals surface area contributed by atoms with Gasteiger partial charge in [-0.3, -0.25) is 9.59 Å². The molecule has 0 bridgehead atoms. The lowest BCUT2D eigenvalue weighted by atomic mass is 10.2. The molecule has 0 saturated carbocycles. The monoisotopic (exact) mass is 390 g/mol. The molecule has 3 rings (SSSR count). The number of anilines is 4. The fourth-order valence-electron chi connectivity index (χ4n) is 2.53. The molecule has 7 nitrogen and oxygen atoms in total. The van der Waals surface area contributed by atoms with E-state index < -0.39 is 0 Å². The van der Waals surface area contributed by atoms with Gasteiger partial charge in [0.2, 0.25) is 11.8 Å². The molecule has 7 heteroatoms. The minimum atomic E-state index is -0.142. The smallest absolute Gasteiger partial charge is 0.227 e. The van der Waals surface area contributed by atoms with Crippen LogP contribution in [-0.2, 0) is 9.59 Å². The van der Waals surface area contributed by atoms with Gasteiger partial charge >= 0.3 is 0 Å². The van der Waals surface area contributed by atoms with Crippen LogP contribution in [0.15, 0.2) is 72.9 Å². The van der Waals surface area contributed by atoms with Crippen LogP contribution in [-0.4, -0.2) is 23.4 Å². The van der Waals surface area contributed by atoms with Crippen molar-refractivity contribution in [1.29, 1.82) is 0 Å². The molecule has 0 atom stereocenters. The summed E-state index contributed by atoms with van der Waals surface area (Å²) < 4.78 is 5.52. The number of nitrogens with zero attached hydrogens (tertiary/aromatic N) is 1. The SMILES string of the molecule is CC(=O)Nc1ccc(Nc2ccc(NC(=O)CCOc3ccccc3)cn2)cc1. The van der Waals surface area contributed by atoms with E-state index in [2.05, 4.69) is 20.9 Å². The highest BCUT2D eigenvalue weighted by Crippen LogP contribution is 2.19. The first-order valence-corrected chi connectivity index (χ1v) is 9.17. The molecule has 0 spiro atoms. The minimum Gasteiger partial charge on any atom is -0.493 e. The van der Waals surface area contributed by atoms with Gasteiger partial charge in [0.15, 0.2) is 0 Å². The van der Waals surface area contributed by atoms with Crippen molar-refractivity contribution >= 4 is 34.7 Å². The van der Waals surface area contributed by atoms with Crippen LogP contribution in [0.1, 0.15) is 13.3 Å². The molecule has 148 valence electrons. The molecule has 0 fully saturated rings. The molecular formula is C22H22N4O3. The van der Waals surface area contributed by atoms with Crippen molar-refractivity contribution in [3.63, 3.8) is 0 Å². The number of rotatable bonds is 8. The van der Waals surface area contributed by atoms with Crippen molar-refractivity contribution in [2.45, 2.75) is 13.3 Å². The zero-order chi connectivity index (χ0) is 20.5. The molecule has 0 aliphatic rings. The topological polar surface area (TPSA) is 92.4 Å². The Morgan fingerprint density at radius 2 is 1.55 bits per heavy atom. The summed E-state index contributed by atoms with van der Waals surface area (Å²) in [5, 5.41) is 8.67. The van der Waals surface area contributed by atoms with Gasteiger partial charge in [-0.2, -0.15) is 0 Å². The number of para-hydroxylation sites is 1. The van der Waals surface area contributed by atoms with Gasteiger partial charge in [-0.1, -0.05) is 18.2 Å². The molecule has 29 heavy (non-hydrogen) atoms. The molecule has 3 N–H and O–H groups in total. The summed E-state index contributed by atoms with van der Waals surface area (Å²) >= 11 is 0. The van der Waals surface area contributed by atoms with E-state index in [-0.39, 0.29) is 18.2 Å². The molecule has 0 radical (unpaired) electrons. The first-order valence-electron chi connectivity index (χ1n) is 9.17. The number of nitrogens with one attached hydrogen (secondary N) is 3. The van der Waals surface area contributed by atoms with E-state index in [0.29, 0.717) is 18.1 Å². The van der Waals surface area contributed by atoms with Crippen LogP contribution in [0.5, 0.6) is 5.75 Å². The van der Waals surface area contributed by atoms with E-state index in [4.69, 9.17) is 4.74 Å². The molecule has 0 aliphatic heterocycles. The number of pyridine rings is 1. The second-order valence-corrected chi connectivity index (χ2v) is 6.28. The van der Waals surface area contributed by atoms with Crippen LogP contribution in [0.3, 0.4) is 0 Å². The van der Waals surface area contributed by atoms with Crippen LogP contribution < -0.4 is 20.7 Å². The van der Waals surface area contributed by atoms with Gasteiger partial charge < -0.3 is 20.7 Å². The quantitative estimate of drug-likeness (QED) is 0.536. The van der Waals surface area contributed by atoms with Gasteiger partial charge in [-0.05, 0) is 48.5 Å². The fourth-order valence-corrected chi connectivity index (χ4v) is 2.53. The predicted octanol–water partition coefficient (Wildman–Crippen LogP) is 4.19. The summed E-state index contributed by atoms with van der Waals surface area (Å²) in [4.78, 5) is 27.4. The summed E-state index contributed by atoms with van der Waals surface area (Å²) in [7, 11) is 0. The molecule has 1 aromatic heterocycles. The Balaban J connectivity index is 1.45. The molecule has 0 saturated heterocycles. The Morgan fingerprint density at radius 1 is 0.862 bits per heavy atom. The highest BCUT2D eigenvalue weighted by atomic mass is 16.5. The molecule has 1 heterocycles. The summed E-state index contributed by atoms with van der Waals surface area (Å²) in [6.07, 6.45) is 1.83. The third-order valence-electron chi connectivity index (χ3n) is 3.87. The molecule has 3 aromatic rings. The van der Waals surface area contributed by atoms with Crippen molar-refractivity contribution in [3.05, 3.63) is 72.9 Å². The lowest BCUT2D eigenvalue weighted by molar-refractivity contribution is -0.116. The van der Waals surface area contributed by atoms with Crippen molar-refractivity contribution in [2.24, 2.45) is 0 Å². The highest BCUT2D eigenvalue weighted by Gasteiger charge is 2.04. The third-order valence-corrected chi connectivity index (χ3v) is 3.87. The van der Waals surface area contributed by atoms with E-state index in [1.807, 2.05) is 42.5 Å². The summed E-state index contributed by atoms with van der Waals surface area (Å²) in [6.45, 7) is 1.77. The Hall–Kier alpha value is -3.87. The minimum absolute atomic E-state index is 0.114. The molecular weight excluding hydrogens is 368 g/mol. The maximum atomic E-state index is 12.0. The first kappa shape index (κ1) is 19.9. The molecule has 0 unspecified atom stereocenters. The van der Waals surface area contributed by atoms with Crippen molar-refractivity contribution in [3.8, 4) is 5.75 Å². The lowest BCUT2D eigenvalue weighted by Crippen LogP contribution is -2.15. The van der Waals surface area contributed by atoms with E-state index in [0.717, 1.165) is 17.1 Å². The Kier molecular flexibility index (Phi) is 6.78. The Morgan fingerprint density at radius 3 is 2.21 bits per heavy atom. The predicted molar refractivity (Wildman–Crippen MR) is 113 cm³/mol. The molecule has 2 amide bonds. The zero-order valence-electron chi connectivity index (χ0n) is 16.0. The number of carbonyl (C=O) groups is 2. The summed E-state index contributed by atoms with van der Waals surface area (Å²) in [5.74, 6) is 1.12. The summed E-state index contributed by atoms with van der Waals surface area (Å²) in [6, 6.07) is 20.2. The van der Waals surface area contributed by atoms with Crippen LogP contribution in [0, 0.1) is 0 Å². The highest BCUT2D eigenvalue weighted by molar-refractivity contribution is 5.90. The van der Waals surface area contributed by atoms with Gasteiger partial charge in [0.25, 0.3) is 0 Å². The van der Waals surface area contributed by atoms with Crippen molar-refractivity contribution in [1.82, 2.24) is 4.98 Å². The number of hydrogen-bond donors (Lipinski definition) is 3. The number of aromatic nitrogens is 1. The largest absolute Gasteiger partial charge is 0.493 e. The third kappa shape index (κ3) is 6.66. The van der Waals surface area contributed by atoms with Gasteiger partial charge in [0.05, 0.1) is 24.9 Å². The molecule has 2 aromatic carbocycles.